The topological polar surface area (TPSA) is 132 Å². The Bertz CT molecular complexity index is 835. The zero-order chi connectivity index (χ0) is 24.1. The number of ether oxygens (including phenoxy) is 5. The third-order valence-corrected chi connectivity index (χ3v) is 6.53. The maximum atomic E-state index is 12.8. The summed E-state index contributed by atoms with van der Waals surface area (Å²) in [4.78, 5) is 15.7. The third-order valence-electron chi connectivity index (χ3n) is 6.53. The van der Waals surface area contributed by atoms with Gasteiger partial charge in [-0.05, 0) is 36.9 Å². The number of benzene rings is 1. The van der Waals surface area contributed by atoms with Crippen LogP contribution < -0.4 is 0 Å². The van der Waals surface area contributed by atoms with Gasteiger partial charge in [0.15, 0.2) is 18.7 Å². The van der Waals surface area contributed by atoms with E-state index in [-0.39, 0.29) is 12.0 Å². The fraction of sp³-hybridized carbons (Fsp3) is 0.696. The van der Waals surface area contributed by atoms with Crippen molar-refractivity contribution in [2.24, 2.45) is 17.0 Å². The fourth-order valence-corrected chi connectivity index (χ4v) is 4.50. The number of methoxy groups -OCH3 is 1. The molecule has 2 fully saturated rings. The van der Waals surface area contributed by atoms with E-state index in [9.17, 15) is 9.90 Å². The molecule has 2 saturated heterocycles. The predicted molar refractivity (Wildman–Crippen MR) is 118 cm³/mol. The number of hydrogen-bond donors (Lipinski definition) is 1. The van der Waals surface area contributed by atoms with Gasteiger partial charge in [-0.15, -0.1) is 0 Å². The van der Waals surface area contributed by atoms with Crippen molar-refractivity contribution >= 4 is 5.97 Å². The zero-order valence-corrected chi connectivity index (χ0v) is 19.6. The number of rotatable bonds is 7. The van der Waals surface area contributed by atoms with Gasteiger partial charge in [0, 0.05) is 17.9 Å². The molecule has 1 aromatic rings. The number of carbonyl (C=O) groups is 1. The van der Waals surface area contributed by atoms with E-state index in [4.69, 9.17) is 29.2 Å². The molecule has 4 unspecified atom stereocenters. The summed E-state index contributed by atoms with van der Waals surface area (Å²) in [5, 5.41) is 14.4. The first-order chi connectivity index (χ1) is 15.8. The molecule has 1 N–H and O–H groups in total. The SMILES string of the molecule is CCC1O[C@H](OC)C(N=[N+]=[N-])[C@@H](C)[C@@H]1O[C@H]1OC(C)[C@@H](O)[C@H](C)C1OC(=O)c1ccccc1. The van der Waals surface area contributed by atoms with Gasteiger partial charge in [0.1, 0.15) is 0 Å². The van der Waals surface area contributed by atoms with Crippen LogP contribution in [0.5, 0.6) is 0 Å². The molecule has 3 rings (SSSR count). The monoisotopic (exact) mass is 463 g/mol. The largest absolute Gasteiger partial charge is 0.453 e. The summed E-state index contributed by atoms with van der Waals surface area (Å²) in [5.74, 6) is -1.24. The molecule has 1 aromatic carbocycles. The Hall–Kier alpha value is -2.20. The van der Waals surface area contributed by atoms with Gasteiger partial charge in [-0.2, -0.15) is 0 Å². The molecular formula is C23H33N3O7. The van der Waals surface area contributed by atoms with Gasteiger partial charge < -0.3 is 28.8 Å². The van der Waals surface area contributed by atoms with Gasteiger partial charge in [-0.25, -0.2) is 4.79 Å². The average Bonchev–Trinajstić information content (AvgIpc) is 2.83. The Kier molecular flexibility index (Phi) is 8.69. The second-order valence-electron chi connectivity index (χ2n) is 8.64. The molecule has 0 aromatic heterocycles. The van der Waals surface area contributed by atoms with E-state index in [1.807, 2.05) is 19.9 Å². The van der Waals surface area contributed by atoms with Crippen molar-refractivity contribution in [3.63, 3.8) is 0 Å². The van der Waals surface area contributed by atoms with Crippen molar-refractivity contribution in [3.05, 3.63) is 46.3 Å². The molecule has 10 nitrogen and oxygen atoms in total. The minimum atomic E-state index is -0.943. The van der Waals surface area contributed by atoms with E-state index in [2.05, 4.69) is 10.0 Å². The Morgan fingerprint density at radius 3 is 2.42 bits per heavy atom. The second kappa shape index (κ2) is 11.3. The van der Waals surface area contributed by atoms with Crippen LogP contribution in [-0.4, -0.2) is 67.3 Å². The molecule has 0 amide bonds. The van der Waals surface area contributed by atoms with Crippen LogP contribution in [0.25, 0.3) is 10.4 Å². The molecule has 10 atom stereocenters. The molecule has 182 valence electrons. The van der Waals surface area contributed by atoms with Crippen molar-refractivity contribution in [3.8, 4) is 0 Å². The summed E-state index contributed by atoms with van der Waals surface area (Å²) < 4.78 is 29.5. The first-order valence-electron chi connectivity index (χ1n) is 11.3. The lowest BCUT2D eigenvalue weighted by Crippen LogP contribution is -2.59. The molecule has 2 heterocycles. The smallest absolute Gasteiger partial charge is 0.338 e. The van der Waals surface area contributed by atoms with Crippen LogP contribution in [0.1, 0.15) is 44.5 Å². The zero-order valence-electron chi connectivity index (χ0n) is 19.6. The molecular weight excluding hydrogens is 430 g/mol. The molecule has 0 spiro atoms. The van der Waals surface area contributed by atoms with Crippen LogP contribution in [0.2, 0.25) is 0 Å². The van der Waals surface area contributed by atoms with Crippen molar-refractivity contribution in [2.45, 2.75) is 83.3 Å². The summed E-state index contributed by atoms with van der Waals surface area (Å²) in [7, 11) is 1.50. The molecule has 10 heteroatoms. The van der Waals surface area contributed by atoms with Gasteiger partial charge in [0.2, 0.25) is 0 Å². The molecule has 0 bridgehead atoms. The quantitative estimate of drug-likeness (QED) is 0.283. The molecule has 0 saturated carbocycles. The summed E-state index contributed by atoms with van der Waals surface area (Å²) in [6.45, 7) is 7.40. The van der Waals surface area contributed by atoms with E-state index in [0.717, 1.165) is 0 Å². The second-order valence-corrected chi connectivity index (χ2v) is 8.64. The van der Waals surface area contributed by atoms with Crippen LogP contribution in [0.4, 0.5) is 0 Å². The highest BCUT2D eigenvalue weighted by Crippen LogP contribution is 2.36. The number of esters is 1. The normalized spacial score (nSPS) is 38.8. The Balaban J connectivity index is 1.85. The van der Waals surface area contributed by atoms with Crippen molar-refractivity contribution in [1.29, 1.82) is 0 Å². The standard InChI is InChI=1S/C23H33N3O7/c1-6-16-19(12(2)17(25-26-24)22(29-5)31-16)33-23-20(13(3)18(27)14(4)30-23)32-21(28)15-10-8-7-9-11-15/h7-14,16-20,22-23,27H,6H2,1-5H3/t12-,13+,14?,16?,17?,18+,19+,20?,22+,23-/m1/s1. The van der Waals surface area contributed by atoms with Crippen LogP contribution in [0, 0.1) is 11.8 Å². The van der Waals surface area contributed by atoms with Crippen molar-refractivity contribution in [2.75, 3.05) is 7.11 Å². The van der Waals surface area contributed by atoms with Crippen LogP contribution in [-0.2, 0) is 23.7 Å². The van der Waals surface area contributed by atoms with E-state index in [1.165, 1.54) is 7.11 Å². The molecule has 2 aliphatic rings. The maximum absolute atomic E-state index is 12.8. The van der Waals surface area contributed by atoms with Crippen molar-refractivity contribution < 1.29 is 33.6 Å². The number of aliphatic hydroxyl groups excluding tert-OH is 1. The lowest BCUT2D eigenvalue weighted by molar-refractivity contribution is -0.326. The first-order valence-corrected chi connectivity index (χ1v) is 11.3. The molecule has 2 aliphatic heterocycles. The molecule has 0 aliphatic carbocycles. The Labute approximate surface area is 193 Å². The fourth-order valence-electron chi connectivity index (χ4n) is 4.50. The molecule has 33 heavy (non-hydrogen) atoms. The molecule has 0 radical (unpaired) electrons. The van der Waals surface area contributed by atoms with Gasteiger partial charge in [-0.3, -0.25) is 0 Å². The lowest BCUT2D eigenvalue weighted by Gasteiger charge is -2.47. The van der Waals surface area contributed by atoms with Gasteiger partial charge >= 0.3 is 5.97 Å². The van der Waals surface area contributed by atoms with Gasteiger partial charge in [0.25, 0.3) is 0 Å². The van der Waals surface area contributed by atoms with E-state index < -0.39 is 54.9 Å². The van der Waals surface area contributed by atoms with Crippen LogP contribution in [0.3, 0.4) is 0 Å². The summed E-state index contributed by atoms with van der Waals surface area (Å²) in [6, 6.07) is 8.01. The van der Waals surface area contributed by atoms with Crippen LogP contribution >= 0.6 is 0 Å². The summed E-state index contributed by atoms with van der Waals surface area (Å²) >= 11 is 0. The summed E-state index contributed by atoms with van der Waals surface area (Å²) in [6.07, 6.45) is -4.12. The number of aliphatic hydroxyl groups is 1. The Morgan fingerprint density at radius 2 is 1.82 bits per heavy atom. The number of nitrogens with zero attached hydrogens (tertiary/aromatic N) is 3. The van der Waals surface area contributed by atoms with Crippen LogP contribution in [0.15, 0.2) is 35.4 Å². The number of carbonyl (C=O) groups excluding carboxylic acids is 1. The number of hydrogen-bond acceptors (Lipinski definition) is 8. The maximum Gasteiger partial charge on any atom is 0.338 e. The predicted octanol–water partition coefficient (Wildman–Crippen LogP) is 3.44. The highest BCUT2D eigenvalue weighted by molar-refractivity contribution is 5.89. The number of azide groups is 1. The van der Waals surface area contributed by atoms with E-state index in [1.54, 1.807) is 38.1 Å². The average molecular weight is 464 g/mol. The highest BCUT2D eigenvalue weighted by Gasteiger charge is 2.49. The third kappa shape index (κ3) is 5.48. The van der Waals surface area contributed by atoms with Crippen molar-refractivity contribution in [1.82, 2.24) is 0 Å². The Morgan fingerprint density at radius 1 is 1.12 bits per heavy atom. The highest BCUT2D eigenvalue weighted by atomic mass is 16.7. The minimum absolute atomic E-state index is 0.268. The summed E-state index contributed by atoms with van der Waals surface area (Å²) in [5.41, 5.74) is 9.42. The van der Waals surface area contributed by atoms with Gasteiger partial charge in [-0.1, -0.05) is 44.1 Å². The van der Waals surface area contributed by atoms with E-state index in [0.29, 0.717) is 12.0 Å². The van der Waals surface area contributed by atoms with E-state index >= 15 is 0 Å². The lowest BCUT2D eigenvalue weighted by atomic mass is 9.87. The first kappa shape index (κ1) is 25.4. The van der Waals surface area contributed by atoms with Gasteiger partial charge in [0.05, 0.1) is 36.0 Å². The minimum Gasteiger partial charge on any atom is -0.453 e.